The van der Waals surface area contributed by atoms with Crippen LogP contribution in [0.1, 0.15) is 53.9 Å². The van der Waals surface area contributed by atoms with E-state index in [0.717, 1.165) is 0 Å². The summed E-state index contributed by atoms with van der Waals surface area (Å²) in [6.07, 6.45) is 6.01. The van der Waals surface area contributed by atoms with Crippen molar-refractivity contribution in [2.45, 2.75) is 58.0 Å². The van der Waals surface area contributed by atoms with Gasteiger partial charge in [-0.05, 0) is 31.8 Å². The second-order valence-electron chi connectivity index (χ2n) is 4.96. The van der Waals surface area contributed by atoms with Crippen molar-refractivity contribution in [3.05, 3.63) is 12.2 Å². The van der Waals surface area contributed by atoms with Gasteiger partial charge in [-0.15, -0.1) is 23.5 Å². The van der Waals surface area contributed by atoms with Gasteiger partial charge in [0, 0.05) is 5.41 Å². The van der Waals surface area contributed by atoms with Gasteiger partial charge in [0.15, 0.2) is 0 Å². The lowest BCUT2D eigenvalue weighted by atomic mass is 9.80. The van der Waals surface area contributed by atoms with Crippen molar-refractivity contribution in [3.8, 4) is 0 Å². The fourth-order valence-corrected chi connectivity index (χ4v) is 5.13. The molecule has 0 fully saturated rings. The summed E-state index contributed by atoms with van der Waals surface area (Å²) in [5, 5.41) is 0. The average Bonchev–Trinajstić information content (AvgIpc) is 2.23. The maximum atomic E-state index is 4.20. The van der Waals surface area contributed by atoms with Gasteiger partial charge < -0.3 is 0 Å². The molecule has 0 aromatic rings. The van der Waals surface area contributed by atoms with Crippen molar-refractivity contribution in [1.82, 2.24) is 0 Å². The summed E-state index contributed by atoms with van der Waals surface area (Å²) in [4.78, 5) is 0. The third-order valence-electron chi connectivity index (χ3n) is 3.47. The zero-order valence-corrected chi connectivity index (χ0v) is 13.5. The Morgan fingerprint density at radius 3 is 2.06 bits per heavy atom. The molecule has 0 aliphatic heterocycles. The lowest BCUT2D eigenvalue weighted by Gasteiger charge is -2.46. The molecular formula is C14H28S2. The van der Waals surface area contributed by atoms with E-state index in [2.05, 4.69) is 59.2 Å². The molecule has 0 saturated carbocycles. The molecule has 0 rings (SSSR count). The maximum absolute atomic E-state index is 4.20. The molecule has 0 radical (unpaired) electrons. The Labute approximate surface area is 111 Å². The molecule has 0 heterocycles. The van der Waals surface area contributed by atoms with Gasteiger partial charge in [0.1, 0.15) is 0 Å². The predicted molar refractivity (Wildman–Crippen MR) is 82.5 cm³/mol. The fraction of sp³-hybridized carbons (Fsp3) is 0.857. The second kappa shape index (κ2) is 7.00. The molecule has 0 saturated heterocycles. The van der Waals surface area contributed by atoms with E-state index in [-0.39, 0.29) is 5.41 Å². The van der Waals surface area contributed by atoms with Crippen molar-refractivity contribution in [2.24, 2.45) is 5.41 Å². The van der Waals surface area contributed by atoms with Crippen LogP contribution in [0.4, 0.5) is 0 Å². The van der Waals surface area contributed by atoms with Crippen LogP contribution in [0.25, 0.3) is 0 Å². The van der Waals surface area contributed by atoms with Gasteiger partial charge in [-0.3, -0.25) is 0 Å². The molecule has 1 unspecified atom stereocenters. The topological polar surface area (TPSA) is 0 Å². The van der Waals surface area contributed by atoms with Crippen molar-refractivity contribution in [1.29, 1.82) is 0 Å². The molecule has 0 bridgehead atoms. The third-order valence-corrected chi connectivity index (χ3v) is 7.49. The number of rotatable bonds is 8. The van der Waals surface area contributed by atoms with Crippen LogP contribution in [-0.2, 0) is 0 Å². The third kappa shape index (κ3) is 3.46. The van der Waals surface area contributed by atoms with E-state index < -0.39 is 0 Å². The Morgan fingerprint density at radius 1 is 1.19 bits per heavy atom. The summed E-state index contributed by atoms with van der Waals surface area (Å²) in [5.74, 6) is 1.25. The zero-order valence-electron chi connectivity index (χ0n) is 11.9. The van der Waals surface area contributed by atoms with Gasteiger partial charge in [0.2, 0.25) is 0 Å². The molecule has 2 heteroatoms. The fourth-order valence-electron chi connectivity index (χ4n) is 1.90. The molecule has 1 atom stereocenters. The molecule has 96 valence electrons. The highest BCUT2D eigenvalue weighted by atomic mass is 32.2. The minimum Gasteiger partial charge on any atom is -0.147 e. The van der Waals surface area contributed by atoms with E-state index in [9.17, 15) is 0 Å². The van der Waals surface area contributed by atoms with E-state index in [0.29, 0.717) is 4.08 Å². The van der Waals surface area contributed by atoms with Crippen molar-refractivity contribution >= 4 is 23.5 Å². The van der Waals surface area contributed by atoms with E-state index in [4.69, 9.17) is 0 Å². The SMILES string of the molecule is C=C(C)C(C)(C)C(CCC)(SC)SCCC. The van der Waals surface area contributed by atoms with Gasteiger partial charge in [-0.2, -0.15) is 0 Å². The Hall–Kier alpha value is 0.440. The van der Waals surface area contributed by atoms with Gasteiger partial charge in [0.25, 0.3) is 0 Å². The summed E-state index contributed by atoms with van der Waals surface area (Å²) in [5.41, 5.74) is 1.50. The van der Waals surface area contributed by atoms with Crippen LogP contribution in [0.5, 0.6) is 0 Å². The lowest BCUT2D eigenvalue weighted by Crippen LogP contribution is -2.39. The quantitative estimate of drug-likeness (QED) is 0.412. The highest BCUT2D eigenvalue weighted by Gasteiger charge is 2.44. The summed E-state index contributed by atoms with van der Waals surface area (Å²) in [7, 11) is 0. The molecule has 0 N–H and O–H groups in total. The summed E-state index contributed by atoms with van der Waals surface area (Å²) in [6, 6.07) is 0. The number of thioether (sulfide) groups is 2. The summed E-state index contributed by atoms with van der Waals surface area (Å²) >= 11 is 4.15. The second-order valence-corrected chi connectivity index (χ2v) is 7.72. The van der Waals surface area contributed by atoms with E-state index in [1.54, 1.807) is 0 Å². The first-order valence-corrected chi connectivity index (χ1v) is 8.44. The van der Waals surface area contributed by atoms with E-state index in [1.165, 1.54) is 30.6 Å². The van der Waals surface area contributed by atoms with Gasteiger partial charge in [0.05, 0.1) is 4.08 Å². The van der Waals surface area contributed by atoms with Crippen molar-refractivity contribution in [3.63, 3.8) is 0 Å². The average molecular weight is 261 g/mol. The molecule has 0 nitrogen and oxygen atoms in total. The van der Waals surface area contributed by atoms with Crippen LogP contribution in [-0.4, -0.2) is 16.1 Å². The minimum absolute atomic E-state index is 0.197. The first-order valence-electron chi connectivity index (χ1n) is 6.23. The van der Waals surface area contributed by atoms with E-state index in [1.807, 2.05) is 11.8 Å². The molecule has 16 heavy (non-hydrogen) atoms. The Balaban J connectivity index is 5.08. The molecule has 0 aromatic heterocycles. The molecule has 0 aliphatic rings. The Kier molecular flexibility index (Phi) is 7.20. The van der Waals surface area contributed by atoms with E-state index >= 15 is 0 Å². The predicted octanol–water partition coefficient (Wildman–Crippen LogP) is 5.59. The Bertz CT molecular complexity index is 221. The lowest BCUT2D eigenvalue weighted by molar-refractivity contribution is 0.379. The number of hydrogen-bond acceptors (Lipinski definition) is 2. The molecule has 0 amide bonds. The smallest absolute Gasteiger partial charge is 0.0695 e. The molecule has 0 spiro atoms. The first-order chi connectivity index (χ1) is 7.38. The van der Waals surface area contributed by atoms with Crippen molar-refractivity contribution < 1.29 is 0 Å². The standard InChI is InChI=1S/C14H28S2/c1-8-10-14(15-7,16-11-9-2)13(5,6)12(3)4/h3,8-11H2,1-2,4-7H3. The van der Waals surface area contributed by atoms with Crippen LogP contribution in [0.3, 0.4) is 0 Å². The van der Waals surface area contributed by atoms with Crippen LogP contribution in [0.2, 0.25) is 0 Å². The van der Waals surface area contributed by atoms with Crippen LogP contribution in [0, 0.1) is 5.41 Å². The Morgan fingerprint density at radius 2 is 1.75 bits per heavy atom. The normalized spacial score (nSPS) is 15.9. The van der Waals surface area contributed by atoms with Crippen molar-refractivity contribution in [2.75, 3.05) is 12.0 Å². The monoisotopic (exact) mass is 260 g/mol. The molecular weight excluding hydrogens is 232 g/mol. The van der Waals surface area contributed by atoms with Crippen LogP contribution >= 0.6 is 23.5 Å². The number of hydrogen-bond donors (Lipinski definition) is 0. The van der Waals surface area contributed by atoms with Crippen LogP contribution in [0.15, 0.2) is 12.2 Å². The highest BCUT2D eigenvalue weighted by molar-refractivity contribution is 8.18. The number of allylic oxidation sites excluding steroid dienone is 1. The molecule has 0 aromatic carbocycles. The summed E-state index contributed by atoms with van der Waals surface area (Å²) in [6.45, 7) is 15.6. The first kappa shape index (κ1) is 16.4. The minimum atomic E-state index is 0.197. The maximum Gasteiger partial charge on any atom is 0.0695 e. The largest absolute Gasteiger partial charge is 0.147 e. The summed E-state index contributed by atoms with van der Waals surface area (Å²) < 4.78 is 0.295. The highest BCUT2D eigenvalue weighted by Crippen LogP contribution is 2.55. The van der Waals surface area contributed by atoms with Gasteiger partial charge in [-0.25, -0.2) is 0 Å². The van der Waals surface area contributed by atoms with Gasteiger partial charge >= 0.3 is 0 Å². The zero-order chi connectivity index (χ0) is 12.8. The van der Waals surface area contributed by atoms with Gasteiger partial charge in [-0.1, -0.05) is 46.3 Å². The van der Waals surface area contributed by atoms with Crippen LogP contribution < -0.4 is 0 Å². The molecule has 0 aliphatic carbocycles.